The molecule has 0 aromatic rings. The van der Waals surface area contributed by atoms with E-state index >= 15 is 0 Å². The molecule has 0 spiro atoms. The Morgan fingerprint density at radius 2 is 2.05 bits per heavy atom. The van der Waals surface area contributed by atoms with E-state index in [0.717, 1.165) is 19.3 Å². The number of rotatable bonds is 2. The van der Waals surface area contributed by atoms with Crippen LogP contribution in [0.15, 0.2) is 23.3 Å². The van der Waals surface area contributed by atoms with Gasteiger partial charge >= 0.3 is 5.97 Å². The number of hydrogen-bond donors (Lipinski definition) is 1. The lowest BCUT2D eigenvalue weighted by Gasteiger charge is -2.57. The zero-order valence-electron chi connectivity index (χ0n) is 14.5. The smallest absolute Gasteiger partial charge is 0.309 e. The van der Waals surface area contributed by atoms with E-state index in [9.17, 15) is 9.90 Å². The minimum Gasteiger partial charge on any atom is -0.481 e. The van der Waals surface area contributed by atoms with Crippen LogP contribution in [-0.2, 0) is 4.79 Å². The van der Waals surface area contributed by atoms with Crippen LogP contribution in [0.5, 0.6) is 0 Å². The monoisotopic (exact) mass is 302 g/mol. The first-order valence-electron chi connectivity index (χ1n) is 8.93. The zero-order valence-corrected chi connectivity index (χ0v) is 14.5. The van der Waals surface area contributed by atoms with Crippen LogP contribution in [0.25, 0.3) is 0 Å². The van der Waals surface area contributed by atoms with Crippen LogP contribution >= 0.6 is 0 Å². The standard InChI is InChI=1S/C20H30O2/c1-13(2)14-6-8-16-15(12-14)7-9-17-19(16,3)10-5-11-20(17,4)18(21)22/h7,12-13,16-17H,5-6,8-11H2,1-4H3,(H,21,22)/t16-,17?,19-,20+/m1/s1. The summed E-state index contributed by atoms with van der Waals surface area (Å²) in [6.07, 6.45) is 11.2. The summed E-state index contributed by atoms with van der Waals surface area (Å²) in [5, 5.41) is 9.83. The van der Waals surface area contributed by atoms with Crippen molar-refractivity contribution in [2.24, 2.45) is 28.6 Å². The molecule has 1 unspecified atom stereocenters. The quantitative estimate of drug-likeness (QED) is 0.760. The molecule has 0 heterocycles. The van der Waals surface area contributed by atoms with Crippen LogP contribution in [-0.4, -0.2) is 11.1 Å². The van der Waals surface area contributed by atoms with Gasteiger partial charge in [-0.2, -0.15) is 0 Å². The molecule has 0 aromatic carbocycles. The lowest BCUT2D eigenvalue weighted by Crippen LogP contribution is -2.53. The van der Waals surface area contributed by atoms with E-state index in [2.05, 4.69) is 32.9 Å². The number of carboxylic acids is 1. The maximum absolute atomic E-state index is 11.9. The van der Waals surface area contributed by atoms with Gasteiger partial charge in [-0.25, -0.2) is 0 Å². The fraction of sp³-hybridized carbons (Fsp3) is 0.750. The van der Waals surface area contributed by atoms with Gasteiger partial charge in [-0.05, 0) is 67.8 Å². The molecule has 2 nitrogen and oxygen atoms in total. The first-order valence-corrected chi connectivity index (χ1v) is 8.93. The first-order chi connectivity index (χ1) is 10.3. The molecule has 4 atom stereocenters. The zero-order chi connectivity index (χ0) is 16.1. The SMILES string of the molecule is CC(C)C1=CC2=CCC3[C@](C)(CCC[C@]3(C)C(=O)O)[C@@H]2CC1. The topological polar surface area (TPSA) is 37.3 Å². The van der Waals surface area contributed by atoms with Crippen molar-refractivity contribution in [2.75, 3.05) is 0 Å². The predicted octanol–water partition coefficient (Wildman–Crippen LogP) is 5.21. The van der Waals surface area contributed by atoms with E-state index in [1.807, 2.05) is 6.92 Å². The molecule has 3 aliphatic rings. The van der Waals surface area contributed by atoms with E-state index < -0.39 is 11.4 Å². The molecule has 22 heavy (non-hydrogen) atoms. The molecule has 3 rings (SSSR count). The second-order valence-electron chi connectivity index (χ2n) is 8.54. The number of fused-ring (bicyclic) bond motifs is 3. The van der Waals surface area contributed by atoms with Crippen molar-refractivity contribution in [1.82, 2.24) is 0 Å². The molecule has 0 saturated heterocycles. The van der Waals surface area contributed by atoms with Gasteiger partial charge in [-0.1, -0.05) is 44.9 Å². The predicted molar refractivity (Wildman–Crippen MR) is 89.5 cm³/mol. The molecule has 3 aliphatic carbocycles. The number of hydrogen-bond acceptors (Lipinski definition) is 1. The van der Waals surface area contributed by atoms with Crippen LogP contribution in [0.1, 0.15) is 66.2 Å². The van der Waals surface area contributed by atoms with Crippen LogP contribution in [0.3, 0.4) is 0 Å². The average molecular weight is 302 g/mol. The maximum atomic E-state index is 11.9. The second-order valence-corrected chi connectivity index (χ2v) is 8.54. The number of allylic oxidation sites excluding steroid dienone is 4. The van der Waals surface area contributed by atoms with Gasteiger partial charge in [-0.3, -0.25) is 4.79 Å². The Balaban J connectivity index is 2.00. The summed E-state index contributed by atoms with van der Waals surface area (Å²) in [4.78, 5) is 11.9. The van der Waals surface area contributed by atoms with Gasteiger partial charge in [0.1, 0.15) is 0 Å². The molecule has 1 N–H and O–H groups in total. The first kappa shape index (κ1) is 15.8. The Morgan fingerprint density at radius 1 is 1.32 bits per heavy atom. The van der Waals surface area contributed by atoms with Gasteiger partial charge in [0.05, 0.1) is 5.41 Å². The van der Waals surface area contributed by atoms with Crippen molar-refractivity contribution < 1.29 is 9.90 Å². The van der Waals surface area contributed by atoms with E-state index in [0.29, 0.717) is 11.8 Å². The lowest BCUT2D eigenvalue weighted by atomic mass is 9.47. The fourth-order valence-electron chi connectivity index (χ4n) is 5.60. The summed E-state index contributed by atoms with van der Waals surface area (Å²) < 4.78 is 0. The highest BCUT2D eigenvalue weighted by molar-refractivity contribution is 5.75. The van der Waals surface area contributed by atoms with Gasteiger partial charge in [0.25, 0.3) is 0 Å². The Morgan fingerprint density at radius 3 is 2.68 bits per heavy atom. The molecule has 0 amide bonds. The minimum atomic E-state index is -0.588. The van der Waals surface area contributed by atoms with Crippen molar-refractivity contribution >= 4 is 5.97 Å². The van der Waals surface area contributed by atoms with Crippen molar-refractivity contribution in [3.63, 3.8) is 0 Å². The highest BCUT2D eigenvalue weighted by Gasteiger charge is 2.57. The van der Waals surface area contributed by atoms with Gasteiger partial charge in [-0.15, -0.1) is 0 Å². The lowest BCUT2D eigenvalue weighted by molar-refractivity contribution is -0.162. The van der Waals surface area contributed by atoms with E-state index in [1.54, 1.807) is 5.57 Å². The molecule has 1 fully saturated rings. The largest absolute Gasteiger partial charge is 0.481 e. The van der Waals surface area contributed by atoms with Crippen LogP contribution in [0.2, 0.25) is 0 Å². The summed E-state index contributed by atoms with van der Waals surface area (Å²) in [6.45, 7) is 8.93. The molecular weight excluding hydrogens is 272 g/mol. The van der Waals surface area contributed by atoms with Gasteiger partial charge < -0.3 is 5.11 Å². The number of carboxylic acid groups (broad SMARTS) is 1. The summed E-state index contributed by atoms with van der Waals surface area (Å²) in [5.41, 5.74) is 2.69. The Bertz CT molecular complexity index is 542. The normalized spacial score (nSPS) is 41.3. The maximum Gasteiger partial charge on any atom is 0.309 e. The Kier molecular flexibility index (Phi) is 3.78. The summed E-state index contributed by atoms with van der Waals surface area (Å²) >= 11 is 0. The van der Waals surface area contributed by atoms with Gasteiger partial charge in [0.15, 0.2) is 0 Å². The Labute approximate surface area is 134 Å². The van der Waals surface area contributed by atoms with E-state index in [-0.39, 0.29) is 11.3 Å². The summed E-state index contributed by atoms with van der Waals surface area (Å²) in [5.74, 6) is 0.888. The average Bonchev–Trinajstić information content (AvgIpc) is 2.46. The minimum absolute atomic E-state index is 0.161. The summed E-state index contributed by atoms with van der Waals surface area (Å²) in [7, 11) is 0. The molecule has 0 bridgehead atoms. The third-order valence-corrected chi connectivity index (χ3v) is 7.07. The third-order valence-electron chi connectivity index (χ3n) is 7.07. The molecule has 0 radical (unpaired) electrons. The van der Waals surface area contributed by atoms with E-state index in [1.165, 1.54) is 24.8 Å². The van der Waals surface area contributed by atoms with Crippen molar-refractivity contribution in [1.29, 1.82) is 0 Å². The van der Waals surface area contributed by atoms with Crippen molar-refractivity contribution in [3.8, 4) is 0 Å². The molecule has 0 aliphatic heterocycles. The van der Waals surface area contributed by atoms with Crippen LogP contribution in [0, 0.1) is 28.6 Å². The van der Waals surface area contributed by atoms with Gasteiger partial charge in [0, 0.05) is 0 Å². The van der Waals surface area contributed by atoms with Crippen LogP contribution in [0.4, 0.5) is 0 Å². The number of aliphatic carboxylic acids is 1. The highest BCUT2D eigenvalue weighted by Crippen LogP contribution is 2.62. The van der Waals surface area contributed by atoms with Crippen LogP contribution < -0.4 is 0 Å². The second kappa shape index (κ2) is 5.25. The molecule has 1 saturated carbocycles. The van der Waals surface area contributed by atoms with Crippen molar-refractivity contribution in [2.45, 2.75) is 66.2 Å². The Hall–Kier alpha value is -1.05. The molecule has 122 valence electrons. The van der Waals surface area contributed by atoms with Gasteiger partial charge in [0.2, 0.25) is 0 Å². The van der Waals surface area contributed by atoms with Crippen molar-refractivity contribution in [3.05, 3.63) is 23.3 Å². The highest BCUT2D eigenvalue weighted by atomic mass is 16.4. The van der Waals surface area contributed by atoms with E-state index in [4.69, 9.17) is 0 Å². The third kappa shape index (κ3) is 2.18. The number of carbonyl (C=O) groups is 1. The molecule has 2 heteroatoms. The molecular formula is C20H30O2. The fourth-order valence-corrected chi connectivity index (χ4v) is 5.60. The summed E-state index contributed by atoms with van der Waals surface area (Å²) in [6, 6.07) is 0. The molecule has 0 aromatic heterocycles.